The van der Waals surface area contributed by atoms with Gasteiger partial charge >= 0.3 is 5.97 Å². The van der Waals surface area contributed by atoms with Crippen LogP contribution in [0.15, 0.2) is 59.1 Å². The molecule has 33 heavy (non-hydrogen) atoms. The monoisotopic (exact) mass is 467 g/mol. The maximum Gasteiger partial charge on any atom is 0.317 e. The minimum atomic E-state index is -1.12. The molecule has 0 aliphatic carbocycles. The molecule has 0 aliphatic heterocycles. The molecular weight excluding hydrogens is 442 g/mol. The third-order valence-electron chi connectivity index (χ3n) is 4.59. The van der Waals surface area contributed by atoms with Gasteiger partial charge in [0.05, 0.1) is 11.5 Å². The lowest BCUT2D eigenvalue weighted by Gasteiger charge is -2.19. The van der Waals surface area contributed by atoms with Gasteiger partial charge in [0.15, 0.2) is 5.82 Å². The lowest BCUT2D eigenvalue weighted by atomic mass is 10.1. The first-order chi connectivity index (χ1) is 15.8. The molecule has 172 valence electrons. The Hall–Kier alpha value is -3.59. The molecule has 3 aromatic rings. The number of carbonyl (C=O) groups excluding carboxylic acids is 3. The molecule has 0 fully saturated rings. The van der Waals surface area contributed by atoms with E-state index >= 15 is 0 Å². The van der Waals surface area contributed by atoms with Crippen LogP contribution in [0.3, 0.4) is 0 Å². The van der Waals surface area contributed by atoms with Crippen molar-refractivity contribution in [1.29, 1.82) is 0 Å². The zero-order valence-electron chi connectivity index (χ0n) is 18.6. The number of hydrogen-bond acceptors (Lipinski definition) is 7. The molecule has 0 radical (unpaired) electrons. The number of thioether (sulfide) groups is 1. The topological polar surface area (TPSA) is 111 Å². The van der Waals surface area contributed by atoms with Crippen molar-refractivity contribution in [3.8, 4) is 0 Å². The van der Waals surface area contributed by atoms with Gasteiger partial charge in [-0.1, -0.05) is 47.6 Å². The van der Waals surface area contributed by atoms with Crippen molar-refractivity contribution in [3.63, 3.8) is 0 Å². The number of rotatable bonds is 9. The molecule has 0 saturated carbocycles. The van der Waals surface area contributed by atoms with Crippen molar-refractivity contribution in [1.82, 2.24) is 5.16 Å². The Balaban J connectivity index is 1.59. The summed E-state index contributed by atoms with van der Waals surface area (Å²) in [5, 5.41) is 9.12. The SMILES string of the molecule is Cc1ccc(C)c(NC(=O)C(OC(=O)CSCC(=O)Nc2cc(C)on2)c2ccccc2)c1. The van der Waals surface area contributed by atoms with Crippen molar-refractivity contribution in [2.24, 2.45) is 0 Å². The summed E-state index contributed by atoms with van der Waals surface area (Å²) in [6.07, 6.45) is -1.12. The van der Waals surface area contributed by atoms with Gasteiger partial charge in [-0.25, -0.2) is 0 Å². The second-order valence-electron chi connectivity index (χ2n) is 7.45. The van der Waals surface area contributed by atoms with E-state index in [1.165, 1.54) is 0 Å². The van der Waals surface area contributed by atoms with Gasteiger partial charge in [-0.2, -0.15) is 0 Å². The number of aryl methyl sites for hydroxylation is 3. The number of esters is 1. The van der Waals surface area contributed by atoms with E-state index in [2.05, 4.69) is 15.8 Å². The Morgan fingerprint density at radius 1 is 1.00 bits per heavy atom. The minimum Gasteiger partial charge on any atom is -0.447 e. The van der Waals surface area contributed by atoms with Crippen molar-refractivity contribution in [3.05, 3.63) is 77.0 Å². The lowest BCUT2D eigenvalue weighted by Crippen LogP contribution is -2.27. The molecule has 9 heteroatoms. The van der Waals surface area contributed by atoms with E-state index in [1.54, 1.807) is 37.3 Å². The summed E-state index contributed by atoms with van der Waals surface area (Å²) in [5.74, 6) is -0.562. The summed E-state index contributed by atoms with van der Waals surface area (Å²) >= 11 is 1.08. The highest BCUT2D eigenvalue weighted by molar-refractivity contribution is 8.00. The third-order valence-corrected chi connectivity index (χ3v) is 5.50. The van der Waals surface area contributed by atoms with Crippen LogP contribution in [0, 0.1) is 20.8 Å². The quantitative estimate of drug-likeness (QED) is 0.454. The van der Waals surface area contributed by atoms with Crippen LogP contribution in [-0.2, 0) is 19.1 Å². The Kier molecular flexibility index (Phi) is 8.26. The van der Waals surface area contributed by atoms with Crippen LogP contribution in [0.1, 0.15) is 28.6 Å². The number of nitrogens with one attached hydrogen (secondary N) is 2. The van der Waals surface area contributed by atoms with E-state index in [0.29, 0.717) is 22.8 Å². The highest BCUT2D eigenvalue weighted by Crippen LogP contribution is 2.23. The van der Waals surface area contributed by atoms with Crippen LogP contribution >= 0.6 is 11.8 Å². The fraction of sp³-hybridized carbons (Fsp3) is 0.250. The number of nitrogens with zero attached hydrogens (tertiary/aromatic N) is 1. The molecule has 8 nitrogen and oxygen atoms in total. The Morgan fingerprint density at radius 3 is 2.45 bits per heavy atom. The third kappa shape index (κ3) is 7.21. The van der Waals surface area contributed by atoms with Gasteiger partial charge in [0.2, 0.25) is 12.0 Å². The van der Waals surface area contributed by atoms with Gasteiger partial charge in [-0.05, 0) is 38.0 Å². The number of aromatic nitrogens is 1. The van der Waals surface area contributed by atoms with Crippen molar-refractivity contribution < 1.29 is 23.6 Å². The molecule has 1 unspecified atom stereocenters. The van der Waals surface area contributed by atoms with Gasteiger partial charge in [-0.15, -0.1) is 11.8 Å². The first kappa shape index (κ1) is 24.1. The molecule has 0 saturated heterocycles. The number of amides is 2. The number of anilines is 2. The zero-order valence-corrected chi connectivity index (χ0v) is 19.4. The smallest absolute Gasteiger partial charge is 0.317 e. The summed E-state index contributed by atoms with van der Waals surface area (Å²) in [5.41, 5.74) is 3.11. The Bertz CT molecular complexity index is 1130. The number of ether oxygens (including phenoxy) is 1. The van der Waals surface area contributed by atoms with Gasteiger partial charge < -0.3 is 19.9 Å². The van der Waals surface area contributed by atoms with E-state index in [-0.39, 0.29) is 17.4 Å². The van der Waals surface area contributed by atoms with E-state index in [0.717, 1.165) is 22.9 Å². The van der Waals surface area contributed by atoms with Crippen LogP contribution in [0.2, 0.25) is 0 Å². The van der Waals surface area contributed by atoms with E-state index in [9.17, 15) is 14.4 Å². The number of carbonyl (C=O) groups is 3. The fourth-order valence-corrected chi connectivity index (χ4v) is 3.56. The summed E-state index contributed by atoms with van der Waals surface area (Å²) in [7, 11) is 0. The predicted molar refractivity (Wildman–Crippen MR) is 127 cm³/mol. The summed E-state index contributed by atoms with van der Waals surface area (Å²) in [6.45, 7) is 5.54. The lowest BCUT2D eigenvalue weighted by molar-refractivity contribution is -0.152. The maximum atomic E-state index is 13.0. The van der Waals surface area contributed by atoms with Crippen LogP contribution in [0.4, 0.5) is 11.5 Å². The largest absolute Gasteiger partial charge is 0.447 e. The first-order valence-corrected chi connectivity index (χ1v) is 11.4. The number of benzene rings is 2. The Morgan fingerprint density at radius 2 is 1.76 bits per heavy atom. The normalized spacial score (nSPS) is 11.5. The molecular formula is C24H25N3O5S. The second-order valence-corrected chi connectivity index (χ2v) is 8.44. The summed E-state index contributed by atoms with van der Waals surface area (Å²) < 4.78 is 10.4. The minimum absolute atomic E-state index is 0.0195. The van der Waals surface area contributed by atoms with Crippen molar-refractivity contribution in [2.45, 2.75) is 26.9 Å². The molecule has 1 aromatic heterocycles. The van der Waals surface area contributed by atoms with Crippen LogP contribution in [-0.4, -0.2) is 34.4 Å². The second kappa shape index (κ2) is 11.3. The van der Waals surface area contributed by atoms with Gasteiger partial charge in [-0.3, -0.25) is 14.4 Å². The molecule has 2 amide bonds. The summed E-state index contributed by atoms with van der Waals surface area (Å²) in [6, 6.07) is 16.1. The molecule has 2 aromatic carbocycles. The van der Waals surface area contributed by atoms with Gasteiger partial charge in [0.1, 0.15) is 5.76 Å². The van der Waals surface area contributed by atoms with Crippen LogP contribution in [0.25, 0.3) is 0 Å². The molecule has 0 spiro atoms. The molecule has 2 N–H and O–H groups in total. The van der Waals surface area contributed by atoms with Crippen LogP contribution in [0.5, 0.6) is 0 Å². The molecule has 0 bridgehead atoms. The zero-order chi connectivity index (χ0) is 23.8. The highest BCUT2D eigenvalue weighted by atomic mass is 32.2. The first-order valence-electron chi connectivity index (χ1n) is 10.3. The molecule has 1 heterocycles. The van der Waals surface area contributed by atoms with Crippen molar-refractivity contribution >= 4 is 41.1 Å². The van der Waals surface area contributed by atoms with Gasteiger partial charge in [0.25, 0.3) is 5.91 Å². The predicted octanol–water partition coefficient (Wildman–Crippen LogP) is 4.19. The average Bonchev–Trinajstić information content (AvgIpc) is 3.19. The van der Waals surface area contributed by atoms with E-state index < -0.39 is 18.0 Å². The highest BCUT2D eigenvalue weighted by Gasteiger charge is 2.25. The molecule has 0 aliphatic rings. The average molecular weight is 468 g/mol. The van der Waals surface area contributed by atoms with E-state index in [4.69, 9.17) is 9.26 Å². The molecule has 3 rings (SSSR count). The maximum absolute atomic E-state index is 13.0. The molecule has 1 atom stereocenters. The Labute approximate surface area is 196 Å². The van der Waals surface area contributed by atoms with Crippen LogP contribution < -0.4 is 10.6 Å². The number of hydrogen-bond donors (Lipinski definition) is 2. The van der Waals surface area contributed by atoms with Crippen molar-refractivity contribution in [2.75, 3.05) is 22.1 Å². The van der Waals surface area contributed by atoms with Gasteiger partial charge in [0, 0.05) is 17.3 Å². The van der Waals surface area contributed by atoms with E-state index in [1.807, 2.05) is 38.1 Å². The fourth-order valence-electron chi connectivity index (χ4n) is 2.97. The summed E-state index contributed by atoms with van der Waals surface area (Å²) in [4.78, 5) is 37.5. The standard InChI is InChI=1S/C24H25N3O5S/c1-15-9-10-16(2)19(11-15)25-24(30)23(18-7-5-4-6-8-18)31-22(29)14-33-13-21(28)26-20-12-17(3)32-27-20/h4-12,23H,13-14H2,1-3H3,(H,25,30)(H,26,27,28).